The maximum absolute atomic E-state index is 12.2. The van der Waals surface area contributed by atoms with Crippen molar-refractivity contribution in [3.8, 4) is 0 Å². The molecule has 0 aromatic carbocycles. The maximum Gasteiger partial charge on any atom is 0.317 e. The molecule has 0 spiro atoms. The van der Waals surface area contributed by atoms with Crippen LogP contribution in [0.2, 0.25) is 0 Å². The molecular weight excluding hydrogens is 276 g/mol. The topological polar surface area (TPSA) is 88.1 Å². The second-order valence-electron chi connectivity index (χ2n) is 6.24. The number of carboxylic acids is 1. The molecule has 0 saturated carbocycles. The van der Waals surface area contributed by atoms with Crippen molar-refractivity contribution < 1.29 is 24.2 Å². The molecule has 7 nitrogen and oxygen atoms in total. The van der Waals surface area contributed by atoms with Gasteiger partial charge in [0, 0.05) is 26.8 Å². The number of nitrogens with one attached hydrogen (secondary N) is 1. The number of carbonyl (C=O) groups excluding carboxylic acids is 1. The largest absolute Gasteiger partial charge is 0.481 e. The minimum absolute atomic E-state index is 0.0487. The molecule has 0 aromatic heterocycles. The fraction of sp³-hybridized carbons (Fsp3) is 0.857. The van der Waals surface area contributed by atoms with Crippen LogP contribution in [0.1, 0.15) is 19.8 Å². The average Bonchev–Trinajstić information content (AvgIpc) is 2.94. The molecule has 0 radical (unpaired) electrons. The summed E-state index contributed by atoms with van der Waals surface area (Å²) in [6.45, 7) is 4.58. The van der Waals surface area contributed by atoms with E-state index in [2.05, 4.69) is 12.2 Å². The number of hydrogen-bond acceptors (Lipinski definition) is 4. The maximum atomic E-state index is 12.2. The Bertz CT molecular complexity index is 395. The summed E-state index contributed by atoms with van der Waals surface area (Å²) in [7, 11) is 1.62. The first kappa shape index (κ1) is 16.0. The van der Waals surface area contributed by atoms with Crippen LogP contribution >= 0.6 is 0 Å². The lowest BCUT2D eigenvalue weighted by molar-refractivity contribution is -0.142. The van der Waals surface area contributed by atoms with Gasteiger partial charge in [0.05, 0.1) is 19.3 Å². The van der Waals surface area contributed by atoms with Crippen LogP contribution in [0.5, 0.6) is 0 Å². The summed E-state index contributed by atoms with van der Waals surface area (Å²) in [6.07, 6.45) is 1.84. The third-order valence-electron chi connectivity index (χ3n) is 4.55. The van der Waals surface area contributed by atoms with E-state index in [9.17, 15) is 9.59 Å². The average molecular weight is 300 g/mol. The highest BCUT2D eigenvalue weighted by Crippen LogP contribution is 2.28. The standard InChI is InChI=1S/C14H24N2O5/c1-14(3-5-20-6-4-14)9-15-13(19)16(2)11-8-21-7-10(11)12(17)18/h10-11H,3-9H2,1-2H3,(H,15,19)(H,17,18). The number of nitrogens with zero attached hydrogens (tertiary/aromatic N) is 1. The Hall–Kier alpha value is -1.34. The molecule has 2 unspecified atom stereocenters. The summed E-state index contributed by atoms with van der Waals surface area (Å²) in [6, 6.07) is -0.658. The Morgan fingerprint density at radius 3 is 2.57 bits per heavy atom. The predicted octanol–water partition coefficient (Wildman–Crippen LogP) is 0.544. The molecule has 120 valence electrons. The smallest absolute Gasteiger partial charge is 0.317 e. The molecule has 2 heterocycles. The van der Waals surface area contributed by atoms with Crippen LogP contribution in [0, 0.1) is 11.3 Å². The van der Waals surface area contributed by atoms with Gasteiger partial charge in [0.25, 0.3) is 0 Å². The van der Waals surface area contributed by atoms with Crippen LogP contribution in [-0.4, -0.2) is 68.1 Å². The van der Waals surface area contributed by atoms with Crippen molar-refractivity contribution >= 4 is 12.0 Å². The molecule has 2 rings (SSSR count). The van der Waals surface area contributed by atoms with E-state index < -0.39 is 17.9 Å². The van der Waals surface area contributed by atoms with Crippen LogP contribution in [0.4, 0.5) is 4.79 Å². The van der Waals surface area contributed by atoms with E-state index in [0.29, 0.717) is 6.54 Å². The highest BCUT2D eigenvalue weighted by atomic mass is 16.5. The zero-order chi connectivity index (χ0) is 15.5. The van der Waals surface area contributed by atoms with Crippen LogP contribution in [0.15, 0.2) is 0 Å². The summed E-state index contributed by atoms with van der Waals surface area (Å²) in [5.74, 6) is -1.58. The van der Waals surface area contributed by atoms with E-state index in [1.165, 1.54) is 4.90 Å². The Labute approximate surface area is 124 Å². The first-order chi connectivity index (χ1) is 9.93. The molecule has 0 bridgehead atoms. The Balaban J connectivity index is 1.86. The van der Waals surface area contributed by atoms with E-state index in [1.54, 1.807) is 7.05 Å². The number of rotatable bonds is 4. The highest BCUT2D eigenvalue weighted by Gasteiger charge is 2.39. The molecule has 0 aromatic rings. The molecule has 21 heavy (non-hydrogen) atoms. The fourth-order valence-electron chi connectivity index (χ4n) is 2.77. The number of likely N-dealkylation sites (N-methyl/N-ethyl adjacent to an activating group) is 1. The van der Waals surface area contributed by atoms with Gasteiger partial charge in [-0.1, -0.05) is 6.92 Å². The normalized spacial score (nSPS) is 28.1. The number of amides is 2. The van der Waals surface area contributed by atoms with Gasteiger partial charge < -0.3 is 24.8 Å². The van der Waals surface area contributed by atoms with Gasteiger partial charge >= 0.3 is 12.0 Å². The lowest BCUT2D eigenvalue weighted by atomic mass is 9.82. The number of carbonyl (C=O) groups is 2. The lowest BCUT2D eigenvalue weighted by Crippen LogP contribution is -2.50. The molecule has 7 heteroatoms. The number of carboxylic acid groups (broad SMARTS) is 1. The molecule has 2 atom stereocenters. The van der Waals surface area contributed by atoms with E-state index in [-0.39, 0.29) is 24.7 Å². The van der Waals surface area contributed by atoms with E-state index in [0.717, 1.165) is 26.1 Å². The van der Waals surface area contributed by atoms with Crippen molar-refractivity contribution in [3.63, 3.8) is 0 Å². The van der Waals surface area contributed by atoms with Crippen molar-refractivity contribution in [2.45, 2.75) is 25.8 Å². The minimum Gasteiger partial charge on any atom is -0.481 e. The minimum atomic E-state index is -0.923. The van der Waals surface area contributed by atoms with Crippen LogP contribution in [-0.2, 0) is 14.3 Å². The van der Waals surface area contributed by atoms with Crippen molar-refractivity contribution in [2.24, 2.45) is 11.3 Å². The first-order valence-corrected chi connectivity index (χ1v) is 7.32. The van der Waals surface area contributed by atoms with Crippen LogP contribution in [0.25, 0.3) is 0 Å². The van der Waals surface area contributed by atoms with Gasteiger partial charge in [0.15, 0.2) is 0 Å². The Morgan fingerprint density at radius 2 is 1.95 bits per heavy atom. The zero-order valence-corrected chi connectivity index (χ0v) is 12.6. The van der Waals surface area contributed by atoms with E-state index in [4.69, 9.17) is 14.6 Å². The van der Waals surface area contributed by atoms with E-state index in [1.807, 2.05) is 0 Å². The Morgan fingerprint density at radius 1 is 1.29 bits per heavy atom. The summed E-state index contributed by atoms with van der Waals surface area (Å²) < 4.78 is 10.5. The van der Waals surface area contributed by atoms with Crippen molar-refractivity contribution in [1.82, 2.24) is 10.2 Å². The summed E-state index contributed by atoms with van der Waals surface area (Å²) in [4.78, 5) is 24.8. The molecule has 2 N–H and O–H groups in total. The first-order valence-electron chi connectivity index (χ1n) is 7.32. The number of urea groups is 1. The van der Waals surface area contributed by atoms with E-state index >= 15 is 0 Å². The summed E-state index contributed by atoms with van der Waals surface area (Å²) >= 11 is 0. The molecule has 2 aliphatic rings. The van der Waals surface area contributed by atoms with Crippen molar-refractivity contribution in [3.05, 3.63) is 0 Å². The number of aliphatic carboxylic acids is 1. The van der Waals surface area contributed by atoms with Gasteiger partial charge in [-0.05, 0) is 18.3 Å². The van der Waals surface area contributed by atoms with Crippen molar-refractivity contribution in [1.29, 1.82) is 0 Å². The van der Waals surface area contributed by atoms with Gasteiger partial charge in [0.2, 0.25) is 0 Å². The molecule has 2 fully saturated rings. The van der Waals surface area contributed by atoms with Gasteiger partial charge in [-0.25, -0.2) is 4.79 Å². The summed E-state index contributed by atoms with van der Waals surface area (Å²) in [5, 5.41) is 12.0. The quantitative estimate of drug-likeness (QED) is 0.791. The van der Waals surface area contributed by atoms with Gasteiger partial charge in [-0.3, -0.25) is 4.79 Å². The number of hydrogen-bond donors (Lipinski definition) is 2. The lowest BCUT2D eigenvalue weighted by Gasteiger charge is -2.35. The zero-order valence-electron chi connectivity index (χ0n) is 12.6. The second-order valence-corrected chi connectivity index (χ2v) is 6.24. The van der Waals surface area contributed by atoms with Gasteiger partial charge in [-0.2, -0.15) is 0 Å². The monoisotopic (exact) mass is 300 g/mol. The predicted molar refractivity (Wildman–Crippen MR) is 75.1 cm³/mol. The highest BCUT2D eigenvalue weighted by molar-refractivity contribution is 5.77. The molecule has 2 saturated heterocycles. The fourth-order valence-corrected chi connectivity index (χ4v) is 2.77. The third-order valence-corrected chi connectivity index (χ3v) is 4.55. The molecule has 0 aliphatic carbocycles. The Kier molecular flexibility index (Phi) is 5.05. The van der Waals surface area contributed by atoms with Gasteiger partial charge in [-0.15, -0.1) is 0 Å². The van der Waals surface area contributed by atoms with Crippen LogP contribution in [0.3, 0.4) is 0 Å². The van der Waals surface area contributed by atoms with Gasteiger partial charge in [0.1, 0.15) is 5.92 Å². The third kappa shape index (κ3) is 3.85. The molecule has 2 amide bonds. The summed E-state index contributed by atoms with van der Waals surface area (Å²) in [5.41, 5.74) is 0.0487. The number of ether oxygens (including phenoxy) is 2. The molecule has 2 aliphatic heterocycles. The second kappa shape index (κ2) is 6.62. The van der Waals surface area contributed by atoms with Crippen molar-refractivity contribution in [2.75, 3.05) is 40.0 Å². The van der Waals surface area contributed by atoms with Crippen LogP contribution < -0.4 is 5.32 Å². The SMILES string of the molecule is CN(C(=O)NCC1(C)CCOCC1)C1COCC1C(=O)O. The molecular formula is C14H24N2O5.